The number of halogens is 1. The summed E-state index contributed by atoms with van der Waals surface area (Å²) in [4.78, 5) is 12.6. The van der Waals surface area contributed by atoms with Gasteiger partial charge in [-0.15, -0.1) is 0 Å². The van der Waals surface area contributed by atoms with E-state index in [1.807, 2.05) is 6.92 Å². The second-order valence-electron chi connectivity index (χ2n) is 6.73. The lowest BCUT2D eigenvalue weighted by atomic mass is 10.2. The summed E-state index contributed by atoms with van der Waals surface area (Å²) in [6.45, 7) is 2.49. The first-order valence-corrected chi connectivity index (χ1v) is 11.6. The van der Waals surface area contributed by atoms with Gasteiger partial charge in [-0.05, 0) is 67.1 Å². The van der Waals surface area contributed by atoms with Crippen LogP contribution in [-0.2, 0) is 16.6 Å². The summed E-state index contributed by atoms with van der Waals surface area (Å²) in [5.74, 6) is 0.368. The fourth-order valence-electron chi connectivity index (χ4n) is 2.89. The molecule has 9 heteroatoms. The molecule has 0 aliphatic carbocycles. The Morgan fingerprint density at radius 1 is 1.00 bits per heavy atom. The Hall–Kier alpha value is -3.07. The van der Waals surface area contributed by atoms with E-state index in [-0.39, 0.29) is 22.8 Å². The first-order chi connectivity index (χ1) is 15.3. The molecule has 32 heavy (non-hydrogen) atoms. The van der Waals surface area contributed by atoms with Gasteiger partial charge in [0.2, 0.25) is 10.0 Å². The van der Waals surface area contributed by atoms with E-state index >= 15 is 0 Å². The van der Waals surface area contributed by atoms with Crippen molar-refractivity contribution in [2.75, 3.05) is 19.0 Å². The number of hydrogen-bond donors (Lipinski definition) is 2. The Kier molecular flexibility index (Phi) is 7.74. The van der Waals surface area contributed by atoms with Gasteiger partial charge in [0.15, 0.2) is 0 Å². The minimum atomic E-state index is -3.96. The van der Waals surface area contributed by atoms with Gasteiger partial charge in [-0.3, -0.25) is 4.79 Å². The normalized spacial score (nSPS) is 11.1. The lowest BCUT2D eigenvalue weighted by molar-refractivity contribution is 0.102. The van der Waals surface area contributed by atoms with E-state index in [2.05, 4.69) is 10.0 Å². The van der Waals surface area contributed by atoms with E-state index in [1.165, 1.54) is 25.3 Å². The van der Waals surface area contributed by atoms with E-state index < -0.39 is 15.9 Å². The standard InChI is InChI=1S/C23H23ClN2O5S/c1-3-31-20-11-9-19(10-12-20)26-23(27)17-6-13-21(30-2)22(14-17)32(28,29)25-15-16-4-7-18(24)8-5-16/h4-14,25H,3,15H2,1-2H3,(H,26,27). The van der Waals surface area contributed by atoms with Crippen LogP contribution in [0.4, 0.5) is 5.69 Å². The van der Waals surface area contributed by atoms with Gasteiger partial charge in [0, 0.05) is 22.8 Å². The number of nitrogens with one attached hydrogen (secondary N) is 2. The highest BCUT2D eigenvalue weighted by atomic mass is 35.5. The largest absolute Gasteiger partial charge is 0.495 e. The van der Waals surface area contributed by atoms with Crippen molar-refractivity contribution in [1.29, 1.82) is 0 Å². The van der Waals surface area contributed by atoms with Gasteiger partial charge in [-0.25, -0.2) is 13.1 Å². The van der Waals surface area contributed by atoms with Gasteiger partial charge in [0.1, 0.15) is 16.4 Å². The predicted molar refractivity (Wildman–Crippen MR) is 124 cm³/mol. The van der Waals surface area contributed by atoms with Crippen molar-refractivity contribution < 1.29 is 22.7 Å². The summed E-state index contributed by atoms with van der Waals surface area (Å²) in [7, 11) is -2.59. The fraction of sp³-hybridized carbons (Fsp3) is 0.174. The number of benzene rings is 3. The Balaban J connectivity index is 1.79. The molecular formula is C23H23ClN2O5S. The molecule has 0 fully saturated rings. The van der Waals surface area contributed by atoms with Crippen LogP contribution in [0.1, 0.15) is 22.8 Å². The van der Waals surface area contributed by atoms with Crippen LogP contribution in [0.15, 0.2) is 71.6 Å². The van der Waals surface area contributed by atoms with Crippen molar-refractivity contribution in [3.8, 4) is 11.5 Å². The molecule has 0 atom stereocenters. The maximum atomic E-state index is 12.9. The number of sulfonamides is 1. The van der Waals surface area contributed by atoms with Crippen molar-refractivity contribution >= 4 is 33.2 Å². The van der Waals surface area contributed by atoms with Gasteiger partial charge in [0.05, 0.1) is 13.7 Å². The highest BCUT2D eigenvalue weighted by Gasteiger charge is 2.21. The first-order valence-electron chi connectivity index (χ1n) is 9.78. The molecule has 0 saturated heterocycles. The van der Waals surface area contributed by atoms with Gasteiger partial charge in [-0.2, -0.15) is 0 Å². The van der Waals surface area contributed by atoms with Gasteiger partial charge < -0.3 is 14.8 Å². The molecule has 0 spiro atoms. The molecule has 2 N–H and O–H groups in total. The quantitative estimate of drug-likeness (QED) is 0.477. The lowest BCUT2D eigenvalue weighted by Gasteiger charge is -2.13. The average molecular weight is 475 g/mol. The Bertz CT molecular complexity index is 1180. The van der Waals surface area contributed by atoms with Crippen LogP contribution in [-0.4, -0.2) is 28.0 Å². The molecule has 0 aliphatic rings. The third kappa shape index (κ3) is 6.00. The van der Waals surface area contributed by atoms with Crippen LogP contribution in [0, 0.1) is 0 Å². The highest BCUT2D eigenvalue weighted by molar-refractivity contribution is 7.89. The first kappa shape index (κ1) is 23.6. The number of hydrogen-bond acceptors (Lipinski definition) is 5. The molecule has 3 rings (SSSR count). The third-order valence-electron chi connectivity index (χ3n) is 4.52. The molecule has 3 aromatic rings. The predicted octanol–water partition coefficient (Wildman–Crippen LogP) is 4.48. The number of methoxy groups -OCH3 is 1. The molecule has 168 valence electrons. The zero-order chi connectivity index (χ0) is 23.1. The van der Waals surface area contributed by atoms with Crippen molar-refractivity contribution in [3.63, 3.8) is 0 Å². The minimum Gasteiger partial charge on any atom is -0.495 e. The minimum absolute atomic E-state index is 0.0608. The lowest BCUT2D eigenvalue weighted by Crippen LogP contribution is -2.24. The molecule has 3 aromatic carbocycles. The van der Waals surface area contributed by atoms with E-state index in [0.717, 1.165) is 5.56 Å². The maximum Gasteiger partial charge on any atom is 0.255 e. The van der Waals surface area contributed by atoms with Crippen LogP contribution in [0.25, 0.3) is 0 Å². The zero-order valence-corrected chi connectivity index (χ0v) is 19.2. The zero-order valence-electron chi connectivity index (χ0n) is 17.6. The molecule has 0 saturated carbocycles. The van der Waals surface area contributed by atoms with Gasteiger partial charge in [-0.1, -0.05) is 23.7 Å². The van der Waals surface area contributed by atoms with Crippen molar-refractivity contribution in [2.24, 2.45) is 0 Å². The van der Waals surface area contributed by atoms with E-state index in [4.69, 9.17) is 21.1 Å². The smallest absolute Gasteiger partial charge is 0.255 e. The fourth-order valence-corrected chi connectivity index (χ4v) is 4.23. The number of amides is 1. The number of carbonyl (C=O) groups is 1. The third-order valence-corrected chi connectivity index (χ3v) is 6.19. The summed E-state index contributed by atoms with van der Waals surface area (Å²) < 4.78 is 39.0. The van der Waals surface area contributed by atoms with Crippen LogP contribution in [0.3, 0.4) is 0 Å². The van der Waals surface area contributed by atoms with Crippen LogP contribution < -0.4 is 19.5 Å². The SMILES string of the molecule is CCOc1ccc(NC(=O)c2ccc(OC)c(S(=O)(=O)NCc3ccc(Cl)cc3)c2)cc1. The number of ether oxygens (including phenoxy) is 2. The molecule has 0 bridgehead atoms. The highest BCUT2D eigenvalue weighted by Crippen LogP contribution is 2.26. The molecule has 0 radical (unpaired) electrons. The summed E-state index contributed by atoms with van der Waals surface area (Å²) in [6.07, 6.45) is 0. The number of rotatable bonds is 9. The Morgan fingerprint density at radius 3 is 2.31 bits per heavy atom. The van der Waals surface area contributed by atoms with Gasteiger partial charge >= 0.3 is 0 Å². The van der Waals surface area contributed by atoms with E-state index in [9.17, 15) is 13.2 Å². The second-order valence-corrected chi connectivity index (χ2v) is 8.90. The second kappa shape index (κ2) is 10.5. The van der Waals surface area contributed by atoms with E-state index in [0.29, 0.717) is 23.1 Å². The maximum absolute atomic E-state index is 12.9. The summed E-state index contributed by atoms with van der Waals surface area (Å²) in [5.41, 5.74) is 1.47. The summed E-state index contributed by atoms with van der Waals surface area (Å²) in [5, 5.41) is 3.30. The molecule has 0 heterocycles. The van der Waals surface area contributed by atoms with Crippen molar-refractivity contribution in [1.82, 2.24) is 4.72 Å². The molecular weight excluding hydrogens is 452 g/mol. The Morgan fingerprint density at radius 2 is 1.69 bits per heavy atom. The average Bonchev–Trinajstić information content (AvgIpc) is 2.79. The molecule has 1 amide bonds. The van der Waals surface area contributed by atoms with Crippen molar-refractivity contribution in [2.45, 2.75) is 18.4 Å². The van der Waals surface area contributed by atoms with E-state index in [1.54, 1.807) is 48.5 Å². The van der Waals surface area contributed by atoms with Crippen molar-refractivity contribution in [3.05, 3.63) is 82.9 Å². The Labute approximate surface area is 192 Å². The van der Waals surface area contributed by atoms with Crippen LogP contribution >= 0.6 is 11.6 Å². The molecule has 0 aromatic heterocycles. The summed E-state index contributed by atoms with van der Waals surface area (Å²) >= 11 is 5.86. The van der Waals surface area contributed by atoms with Crippen LogP contribution in [0.5, 0.6) is 11.5 Å². The number of carbonyl (C=O) groups excluding carboxylic acids is 1. The molecule has 7 nitrogen and oxygen atoms in total. The topological polar surface area (TPSA) is 93.7 Å². The molecule has 0 unspecified atom stereocenters. The van der Waals surface area contributed by atoms with Crippen LogP contribution in [0.2, 0.25) is 5.02 Å². The summed E-state index contributed by atoms with van der Waals surface area (Å²) in [6, 6.07) is 17.9. The monoisotopic (exact) mass is 474 g/mol. The van der Waals surface area contributed by atoms with Gasteiger partial charge in [0.25, 0.3) is 5.91 Å². The molecule has 0 aliphatic heterocycles. The number of anilines is 1.